The lowest BCUT2D eigenvalue weighted by Crippen LogP contribution is -2.30. The Morgan fingerprint density at radius 2 is 2.00 bits per heavy atom. The van der Waals surface area contributed by atoms with Gasteiger partial charge in [-0.1, -0.05) is 18.2 Å². The molecule has 1 aliphatic rings. The van der Waals surface area contributed by atoms with Gasteiger partial charge in [-0.3, -0.25) is 5.10 Å². The topological polar surface area (TPSA) is 75.7 Å². The van der Waals surface area contributed by atoms with Crippen LogP contribution in [0.1, 0.15) is 31.2 Å². The molecule has 0 bridgehead atoms. The number of hydrogen-bond acceptors (Lipinski definition) is 5. The van der Waals surface area contributed by atoms with Gasteiger partial charge in [0.25, 0.3) is 0 Å². The second-order valence-corrected chi connectivity index (χ2v) is 6.68. The highest BCUT2D eigenvalue weighted by atomic mass is 19.1. The second kappa shape index (κ2) is 7.78. The molecule has 0 atom stereocenters. The third-order valence-electron chi connectivity index (χ3n) is 4.95. The van der Waals surface area contributed by atoms with Crippen molar-refractivity contribution in [3.8, 4) is 0 Å². The summed E-state index contributed by atoms with van der Waals surface area (Å²) in [7, 11) is 0. The molecule has 0 radical (unpaired) electrons. The number of aromatic amines is 1. The molecule has 0 saturated heterocycles. The normalized spacial score (nSPS) is 20.3. The fourth-order valence-electron chi connectivity index (χ4n) is 3.48. The number of aromatic nitrogens is 4. The van der Waals surface area contributed by atoms with Crippen molar-refractivity contribution in [3.63, 3.8) is 0 Å². The molecule has 0 unspecified atom stereocenters. The van der Waals surface area contributed by atoms with E-state index in [2.05, 4.69) is 25.5 Å². The van der Waals surface area contributed by atoms with E-state index in [9.17, 15) is 4.39 Å². The molecular formula is C19H22FN5O. The monoisotopic (exact) mass is 355 g/mol. The van der Waals surface area contributed by atoms with Gasteiger partial charge in [0.2, 0.25) is 0 Å². The molecule has 1 saturated carbocycles. The molecule has 1 fully saturated rings. The van der Waals surface area contributed by atoms with E-state index in [1.165, 1.54) is 6.07 Å². The number of benzene rings is 1. The minimum Gasteiger partial charge on any atom is -0.378 e. The molecule has 0 aliphatic heterocycles. The maximum Gasteiger partial charge on any atom is 0.160 e. The number of nitrogens with one attached hydrogen (secondary N) is 2. The average Bonchev–Trinajstić information content (AvgIpc) is 3.15. The van der Waals surface area contributed by atoms with Crippen molar-refractivity contribution >= 4 is 16.9 Å². The molecule has 2 N–H and O–H groups in total. The van der Waals surface area contributed by atoms with Crippen molar-refractivity contribution in [3.05, 3.63) is 48.2 Å². The van der Waals surface area contributed by atoms with Crippen LogP contribution in [0.2, 0.25) is 0 Å². The van der Waals surface area contributed by atoms with Crippen molar-refractivity contribution in [1.82, 2.24) is 20.2 Å². The Kier molecular flexibility index (Phi) is 5.06. The molecule has 3 aromatic rings. The van der Waals surface area contributed by atoms with Crippen LogP contribution in [0.25, 0.3) is 11.0 Å². The lowest BCUT2D eigenvalue weighted by Gasteiger charge is -2.29. The Hall–Kier alpha value is -2.54. The fraction of sp³-hybridized carbons (Fsp3) is 0.421. The van der Waals surface area contributed by atoms with Gasteiger partial charge < -0.3 is 10.1 Å². The van der Waals surface area contributed by atoms with E-state index in [0.717, 1.165) is 48.1 Å². The minimum absolute atomic E-state index is 0.153. The van der Waals surface area contributed by atoms with E-state index < -0.39 is 0 Å². The molecule has 26 heavy (non-hydrogen) atoms. The van der Waals surface area contributed by atoms with Gasteiger partial charge in [0.1, 0.15) is 18.0 Å². The van der Waals surface area contributed by atoms with Crippen molar-refractivity contribution in [1.29, 1.82) is 0 Å². The Balaban J connectivity index is 1.24. The third kappa shape index (κ3) is 3.83. The van der Waals surface area contributed by atoms with E-state index in [4.69, 9.17) is 4.74 Å². The Labute approximate surface area is 151 Å². The van der Waals surface area contributed by atoms with Crippen molar-refractivity contribution in [2.45, 2.75) is 44.2 Å². The van der Waals surface area contributed by atoms with E-state index in [0.29, 0.717) is 19.1 Å². The van der Waals surface area contributed by atoms with Gasteiger partial charge >= 0.3 is 0 Å². The van der Waals surface area contributed by atoms with Crippen LogP contribution in [0.15, 0.2) is 36.8 Å². The largest absolute Gasteiger partial charge is 0.378 e. The molecule has 0 spiro atoms. The van der Waals surface area contributed by atoms with Gasteiger partial charge in [-0.2, -0.15) is 5.10 Å². The quantitative estimate of drug-likeness (QED) is 0.708. The highest BCUT2D eigenvalue weighted by molar-refractivity contribution is 5.85. The summed E-state index contributed by atoms with van der Waals surface area (Å²) in [4.78, 5) is 8.49. The summed E-state index contributed by atoms with van der Waals surface area (Å²) in [5.74, 6) is 0.673. The first kappa shape index (κ1) is 16.9. The lowest BCUT2D eigenvalue weighted by molar-refractivity contribution is 0.0280. The van der Waals surface area contributed by atoms with Crippen LogP contribution in [0.5, 0.6) is 0 Å². The molecule has 2 heterocycles. The van der Waals surface area contributed by atoms with Crippen LogP contribution in [0.3, 0.4) is 0 Å². The number of ether oxygens (including phenoxy) is 1. The standard InChI is InChI=1S/C19H22FN5O/c20-17-4-2-1-3-13(17)9-10-26-15-7-5-14(6-8-15)24-18-16-11-23-25-19(16)22-12-21-18/h1-4,11-12,14-15H,5-10H2,(H2,21,22,23,24,25). The Morgan fingerprint density at radius 1 is 1.15 bits per heavy atom. The average molecular weight is 355 g/mol. The van der Waals surface area contributed by atoms with Crippen molar-refractivity contribution in [2.24, 2.45) is 0 Å². The number of nitrogens with zero attached hydrogens (tertiary/aromatic N) is 3. The van der Waals surface area contributed by atoms with Gasteiger partial charge in [0.05, 0.1) is 24.3 Å². The summed E-state index contributed by atoms with van der Waals surface area (Å²) in [6.07, 6.45) is 8.18. The van der Waals surface area contributed by atoms with E-state index in [-0.39, 0.29) is 11.9 Å². The van der Waals surface area contributed by atoms with Gasteiger partial charge in [-0.05, 0) is 43.7 Å². The van der Waals surface area contributed by atoms with E-state index >= 15 is 0 Å². The predicted molar refractivity (Wildman–Crippen MR) is 97.4 cm³/mol. The third-order valence-corrected chi connectivity index (χ3v) is 4.95. The SMILES string of the molecule is Fc1ccccc1CCOC1CCC(Nc2ncnc3[nH]ncc23)CC1. The highest BCUT2D eigenvalue weighted by Crippen LogP contribution is 2.26. The number of halogens is 1. The first-order valence-electron chi connectivity index (χ1n) is 9.05. The summed E-state index contributed by atoms with van der Waals surface area (Å²) in [5.41, 5.74) is 1.46. The van der Waals surface area contributed by atoms with Crippen LogP contribution in [-0.2, 0) is 11.2 Å². The number of H-pyrrole nitrogens is 1. The number of hydrogen-bond donors (Lipinski definition) is 2. The van der Waals surface area contributed by atoms with Crippen LogP contribution in [-0.4, -0.2) is 38.9 Å². The summed E-state index contributed by atoms with van der Waals surface area (Å²) in [6.45, 7) is 0.561. The molecule has 1 aromatic carbocycles. The molecule has 2 aromatic heterocycles. The highest BCUT2D eigenvalue weighted by Gasteiger charge is 2.22. The zero-order valence-corrected chi connectivity index (χ0v) is 14.5. The molecule has 7 heteroatoms. The summed E-state index contributed by atoms with van der Waals surface area (Å²) >= 11 is 0. The van der Waals surface area contributed by atoms with E-state index in [1.807, 2.05) is 12.1 Å². The maximum atomic E-state index is 13.6. The molecule has 6 nitrogen and oxygen atoms in total. The molecular weight excluding hydrogens is 333 g/mol. The Bertz CT molecular complexity index is 860. The van der Waals surface area contributed by atoms with Gasteiger partial charge in [-0.25, -0.2) is 14.4 Å². The molecule has 136 valence electrons. The second-order valence-electron chi connectivity index (χ2n) is 6.68. The first-order chi connectivity index (χ1) is 12.8. The predicted octanol–water partition coefficient (Wildman–Crippen LogP) is 3.47. The first-order valence-corrected chi connectivity index (χ1v) is 9.05. The van der Waals surface area contributed by atoms with Crippen LogP contribution in [0, 0.1) is 5.82 Å². The maximum absolute atomic E-state index is 13.6. The summed E-state index contributed by atoms with van der Waals surface area (Å²) < 4.78 is 19.6. The molecule has 4 rings (SSSR count). The lowest BCUT2D eigenvalue weighted by atomic mass is 9.93. The summed E-state index contributed by atoms with van der Waals surface area (Å²) in [6, 6.07) is 7.26. The zero-order chi connectivity index (χ0) is 17.8. The number of rotatable bonds is 6. The van der Waals surface area contributed by atoms with Gasteiger partial charge in [0, 0.05) is 6.04 Å². The Morgan fingerprint density at radius 3 is 2.85 bits per heavy atom. The summed E-state index contributed by atoms with van der Waals surface area (Å²) in [5, 5.41) is 11.3. The van der Waals surface area contributed by atoms with Crippen molar-refractivity contribution in [2.75, 3.05) is 11.9 Å². The van der Waals surface area contributed by atoms with Gasteiger partial charge in [-0.15, -0.1) is 0 Å². The fourth-order valence-corrected chi connectivity index (χ4v) is 3.48. The zero-order valence-electron chi connectivity index (χ0n) is 14.5. The van der Waals surface area contributed by atoms with Crippen molar-refractivity contribution < 1.29 is 9.13 Å². The minimum atomic E-state index is -0.153. The smallest absolute Gasteiger partial charge is 0.160 e. The number of fused-ring (bicyclic) bond motifs is 1. The molecule has 1 aliphatic carbocycles. The van der Waals surface area contributed by atoms with Crippen LogP contribution >= 0.6 is 0 Å². The van der Waals surface area contributed by atoms with Crippen LogP contribution < -0.4 is 5.32 Å². The van der Waals surface area contributed by atoms with Crippen LogP contribution in [0.4, 0.5) is 10.2 Å². The molecule has 0 amide bonds. The van der Waals surface area contributed by atoms with Gasteiger partial charge in [0.15, 0.2) is 5.65 Å². The number of anilines is 1. The van der Waals surface area contributed by atoms with E-state index in [1.54, 1.807) is 18.6 Å².